The van der Waals surface area contributed by atoms with Crippen molar-refractivity contribution in [1.29, 1.82) is 0 Å². The van der Waals surface area contributed by atoms with E-state index in [1.54, 1.807) is 0 Å². The van der Waals surface area contributed by atoms with Gasteiger partial charge < -0.3 is 13.7 Å². The van der Waals surface area contributed by atoms with E-state index in [9.17, 15) is 0 Å². The van der Waals surface area contributed by atoms with Gasteiger partial charge in [0.15, 0.2) is 0 Å². The Morgan fingerprint density at radius 1 is 0.314 bits per heavy atom. The number of hydrogen-bond acceptors (Lipinski definition) is 3. The summed E-state index contributed by atoms with van der Waals surface area (Å²) in [6, 6.07) is 66.0. The second-order valence-electron chi connectivity index (χ2n) is 12.8. The van der Waals surface area contributed by atoms with Gasteiger partial charge >= 0.3 is 0 Å². The molecule has 0 aliphatic carbocycles. The van der Waals surface area contributed by atoms with Crippen LogP contribution in [0, 0.1) is 0 Å². The number of para-hydroxylation sites is 4. The molecular formula is C48H31NO2. The summed E-state index contributed by atoms with van der Waals surface area (Å²) in [5.41, 5.74) is 13.3. The van der Waals surface area contributed by atoms with Gasteiger partial charge in [-0.25, -0.2) is 0 Å². The predicted molar refractivity (Wildman–Crippen MR) is 212 cm³/mol. The standard InChI is InChI=1S/C48H31NO2/c1-3-14-32(15-4-1)33-26-28-35(29-27-33)49(34-16-5-2-6-17-34)43-31-30-41(48-46(43)42-21-10-12-25-45(42)51-48)37-19-8-7-18-36(37)39-22-13-23-40-38-20-9-11-24-44(38)50-47(39)40/h1-31H. The highest BCUT2D eigenvalue weighted by atomic mass is 16.3. The molecule has 10 rings (SSSR count). The summed E-state index contributed by atoms with van der Waals surface area (Å²) in [5, 5.41) is 4.37. The van der Waals surface area contributed by atoms with Crippen LogP contribution in [0.4, 0.5) is 17.1 Å². The lowest BCUT2D eigenvalue weighted by Crippen LogP contribution is -2.10. The predicted octanol–water partition coefficient (Wildman–Crippen LogP) is 14.0. The second kappa shape index (κ2) is 11.9. The van der Waals surface area contributed by atoms with Crippen LogP contribution in [-0.4, -0.2) is 0 Å². The molecule has 0 bridgehead atoms. The molecule has 10 aromatic rings. The number of fused-ring (bicyclic) bond motifs is 6. The molecule has 0 unspecified atom stereocenters. The molecule has 240 valence electrons. The van der Waals surface area contributed by atoms with E-state index in [0.717, 1.165) is 83.2 Å². The Morgan fingerprint density at radius 2 is 0.824 bits per heavy atom. The fourth-order valence-electron chi connectivity index (χ4n) is 7.56. The SMILES string of the molecule is c1ccc(-c2ccc(N(c3ccccc3)c3ccc(-c4ccccc4-c4cccc5c4oc4ccccc45)c4oc5ccccc5c34)cc2)cc1. The third-order valence-electron chi connectivity index (χ3n) is 9.90. The summed E-state index contributed by atoms with van der Waals surface area (Å²) in [6.07, 6.45) is 0. The minimum absolute atomic E-state index is 0.847. The first-order valence-electron chi connectivity index (χ1n) is 17.3. The maximum absolute atomic E-state index is 6.85. The van der Waals surface area contributed by atoms with E-state index in [1.165, 1.54) is 11.1 Å². The number of anilines is 3. The molecular weight excluding hydrogens is 623 g/mol. The fraction of sp³-hybridized carbons (Fsp3) is 0. The third-order valence-corrected chi connectivity index (χ3v) is 9.90. The van der Waals surface area contributed by atoms with Gasteiger partial charge in [0.2, 0.25) is 0 Å². The van der Waals surface area contributed by atoms with Crippen LogP contribution in [0.2, 0.25) is 0 Å². The molecule has 0 saturated carbocycles. The number of rotatable bonds is 6. The summed E-state index contributed by atoms with van der Waals surface area (Å²) < 4.78 is 13.4. The molecule has 0 aliphatic heterocycles. The lowest BCUT2D eigenvalue weighted by molar-refractivity contribution is 0.669. The van der Waals surface area contributed by atoms with Gasteiger partial charge in [-0.1, -0.05) is 140 Å². The van der Waals surface area contributed by atoms with Crippen molar-refractivity contribution in [2.75, 3.05) is 4.90 Å². The summed E-state index contributed by atoms with van der Waals surface area (Å²) in [5.74, 6) is 0. The van der Waals surface area contributed by atoms with Gasteiger partial charge in [0, 0.05) is 38.7 Å². The van der Waals surface area contributed by atoms with Gasteiger partial charge in [-0.15, -0.1) is 0 Å². The average molecular weight is 654 g/mol. The first-order valence-corrected chi connectivity index (χ1v) is 17.3. The molecule has 0 fully saturated rings. The molecule has 0 atom stereocenters. The smallest absolute Gasteiger partial charge is 0.145 e. The van der Waals surface area contributed by atoms with Crippen molar-refractivity contribution < 1.29 is 8.83 Å². The summed E-state index contributed by atoms with van der Waals surface area (Å²) in [4.78, 5) is 2.34. The van der Waals surface area contributed by atoms with Crippen LogP contribution in [-0.2, 0) is 0 Å². The normalized spacial score (nSPS) is 11.5. The Morgan fingerprint density at radius 3 is 1.57 bits per heavy atom. The van der Waals surface area contributed by atoms with Crippen molar-refractivity contribution in [3.63, 3.8) is 0 Å². The molecule has 3 nitrogen and oxygen atoms in total. The zero-order chi connectivity index (χ0) is 33.7. The molecule has 0 radical (unpaired) electrons. The molecule has 0 saturated heterocycles. The van der Waals surface area contributed by atoms with Gasteiger partial charge in [-0.3, -0.25) is 0 Å². The van der Waals surface area contributed by atoms with Gasteiger partial charge in [0.25, 0.3) is 0 Å². The molecule has 51 heavy (non-hydrogen) atoms. The van der Waals surface area contributed by atoms with Crippen LogP contribution in [0.15, 0.2) is 197 Å². The van der Waals surface area contributed by atoms with E-state index in [-0.39, 0.29) is 0 Å². The largest absolute Gasteiger partial charge is 0.455 e. The molecule has 3 heteroatoms. The minimum atomic E-state index is 0.847. The van der Waals surface area contributed by atoms with Crippen molar-refractivity contribution in [3.05, 3.63) is 188 Å². The molecule has 8 aromatic carbocycles. The number of benzene rings is 8. The van der Waals surface area contributed by atoms with E-state index >= 15 is 0 Å². The number of nitrogens with zero attached hydrogens (tertiary/aromatic N) is 1. The molecule has 0 aliphatic rings. The van der Waals surface area contributed by atoms with Crippen LogP contribution >= 0.6 is 0 Å². The van der Waals surface area contributed by atoms with E-state index in [0.29, 0.717) is 0 Å². The second-order valence-corrected chi connectivity index (χ2v) is 12.8. The van der Waals surface area contributed by atoms with Crippen molar-refractivity contribution in [2.24, 2.45) is 0 Å². The first-order chi connectivity index (χ1) is 25.3. The Hall–Kier alpha value is -6.84. The van der Waals surface area contributed by atoms with Crippen molar-refractivity contribution >= 4 is 60.9 Å². The van der Waals surface area contributed by atoms with Crippen molar-refractivity contribution in [3.8, 4) is 33.4 Å². The minimum Gasteiger partial charge on any atom is -0.455 e. The molecule has 2 aromatic heterocycles. The van der Waals surface area contributed by atoms with E-state index in [4.69, 9.17) is 8.83 Å². The zero-order valence-corrected chi connectivity index (χ0v) is 27.7. The van der Waals surface area contributed by atoms with Crippen LogP contribution in [0.25, 0.3) is 77.3 Å². The van der Waals surface area contributed by atoms with Gasteiger partial charge in [-0.2, -0.15) is 0 Å². The molecule has 0 amide bonds. The Bertz CT molecular complexity index is 2850. The lowest BCUT2D eigenvalue weighted by Gasteiger charge is -2.27. The summed E-state index contributed by atoms with van der Waals surface area (Å²) in [7, 11) is 0. The van der Waals surface area contributed by atoms with E-state index < -0.39 is 0 Å². The third kappa shape index (κ3) is 4.82. The molecule has 0 spiro atoms. The Labute approximate surface area is 295 Å². The Balaban J connectivity index is 1.20. The summed E-state index contributed by atoms with van der Waals surface area (Å²) >= 11 is 0. The van der Waals surface area contributed by atoms with Crippen LogP contribution < -0.4 is 4.90 Å². The van der Waals surface area contributed by atoms with E-state index in [2.05, 4.69) is 175 Å². The summed E-state index contributed by atoms with van der Waals surface area (Å²) in [6.45, 7) is 0. The topological polar surface area (TPSA) is 29.5 Å². The first kappa shape index (κ1) is 29.1. The number of hydrogen-bond donors (Lipinski definition) is 0. The van der Waals surface area contributed by atoms with Crippen molar-refractivity contribution in [1.82, 2.24) is 0 Å². The van der Waals surface area contributed by atoms with Gasteiger partial charge in [0.1, 0.15) is 22.3 Å². The maximum Gasteiger partial charge on any atom is 0.145 e. The monoisotopic (exact) mass is 653 g/mol. The highest BCUT2D eigenvalue weighted by molar-refractivity contribution is 6.18. The molecule has 2 heterocycles. The van der Waals surface area contributed by atoms with Crippen LogP contribution in [0.3, 0.4) is 0 Å². The van der Waals surface area contributed by atoms with Gasteiger partial charge in [0.05, 0.1) is 11.1 Å². The fourth-order valence-corrected chi connectivity index (χ4v) is 7.56. The van der Waals surface area contributed by atoms with Crippen LogP contribution in [0.5, 0.6) is 0 Å². The lowest BCUT2D eigenvalue weighted by atomic mass is 9.92. The van der Waals surface area contributed by atoms with Crippen molar-refractivity contribution in [2.45, 2.75) is 0 Å². The van der Waals surface area contributed by atoms with Crippen LogP contribution in [0.1, 0.15) is 0 Å². The quantitative estimate of drug-likeness (QED) is 0.179. The molecule has 0 N–H and O–H groups in total. The maximum atomic E-state index is 6.85. The van der Waals surface area contributed by atoms with E-state index in [1.807, 2.05) is 18.2 Å². The highest BCUT2D eigenvalue weighted by Crippen LogP contribution is 2.48. The highest BCUT2D eigenvalue weighted by Gasteiger charge is 2.24. The zero-order valence-electron chi connectivity index (χ0n) is 27.7. The number of furan rings is 2. The Kier molecular flexibility index (Phi) is 6.81. The van der Waals surface area contributed by atoms with Gasteiger partial charge in [-0.05, 0) is 70.8 Å². The average Bonchev–Trinajstić information content (AvgIpc) is 3.79.